The fraction of sp³-hybridized carbons (Fsp3) is 0.154. The molecule has 0 aliphatic carbocycles. The van der Waals surface area contributed by atoms with E-state index in [-0.39, 0.29) is 5.91 Å². The van der Waals surface area contributed by atoms with E-state index in [9.17, 15) is 4.79 Å². The lowest BCUT2D eigenvalue weighted by atomic mass is 10.2. The number of nitrogens with one attached hydrogen (secondary N) is 2. The number of anilines is 1. The number of carbonyl (C=O) groups excluding carboxylic acids is 1. The van der Waals surface area contributed by atoms with Crippen LogP contribution in [0.4, 0.5) is 5.95 Å². The molecule has 1 aromatic heterocycles. The van der Waals surface area contributed by atoms with Crippen LogP contribution in [-0.2, 0) is 0 Å². The van der Waals surface area contributed by atoms with Gasteiger partial charge in [0.05, 0.1) is 0 Å². The van der Waals surface area contributed by atoms with Crippen LogP contribution in [-0.4, -0.2) is 29.0 Å². The number of carbonyl (C=O) groups is 1. The van der Waals surface area contributed by atoms with Crippen molar-refractivity contribution in [2.24, 2.45) is 0 Å². The first-order valence-electron chi connectivity index (χ1n) is 5.80. The first kappa shape index (κ1) is 13.7. The molecule has 2 aromatic rings. The van der Waals surface area contributed by atoms with Crippen LogP contribution in [0.25, 0.3) is 0 Å². The van der Waals surface area contributed by atoms with E-state index < -0.39 is 0 Å². The highest BCUT2D eigenvalue weighted by Gasteiger charge is 2.03. The van der Waals surface area contributed by atoms with Crippen molar-refractivity contribution in [3.8, 4) is 0 Å². The van der Waals surface area contributed by atoms with Crippen molar-refractivity contribution in [2.75, 3.05) is 18.4 Å². The topological polar surface area (TPSA) is 66.9 Å². The van der Waals surface area contributed by atoms with Gasteiger partial charge in [0.25, 0.3) is 5.91 Å². The normalized spacial score (nSPS) is 9.95. The third-order valence-corrected chi connectivity index (χ3v) is 3.09. The fourth-order valence-corrected chi connectivity index (χ4v) is 1.80. The summed E-state index contributed by atoms with van der Waals surface area (Å²) in [6.45, 7) is 1.10. The van der Waals surface area contributed by atoms with E-state index in [0.29, 0.717) is 24.6 Å². The van der Waals surface area contributed by atoms with E-state index in [1.165, 1.54) is 0 Å². The van der Waals surface area contributed by atoms with E-state index >= 15 is 0 Å². The SMILES string of the molecule is O=C(NCCNc1ncccn1)c1ccc(I)cc1. The van der Waals surface area contributed by atoms with Crippen LogP contribution in [0.15, 0.2) is 42.7 Å². The molecule has 0 bridgehead atoms. The molecule has 0 aliphatic heterocycles. The first-order chi connectivity index (χ1) is 9.25. The number of rotatable bonds is 5. The molecule has 0 fully saturated rings. The van der Waals surface area contributed by atoms with Gasteiger partial charge < -0.3 is 10.6 Å². The number of hydrogen-bond acceptors (Lipinski definition) is 4. The van der Waals surface area contributed by atoms with Crippen molar-refractivity contribution in [2.45, 2.75) is 0 Å². The van der Waals surface area contributed by atoms with Gasteiger partial charge in [0.15, 0.2) is 0 Å². The minimum Gasteiger partial charge on any atom is -0.352 e. The number of aromatic nitrogens is 2. The van der Waals surface area contributed by atoms with Gasteiger partial charge in [-0.1, -0.05) is 0 Å². The largest absolute Gasteiger partial charge is 0.352 e. The maximum absolute atomic E-state index is 11.8. The molecule has 5 nitrogen and oxygen atoms in total. The van der Waals surface area contributed by atoms with Gasteiger partial charge in [-0.15, -0.1) is 0 Å². The molecule has 0 saturated heterocycles. The molecule has 2 rings (SSSR count). The van der Waals surface area contributed by atoms with Gasteiger partial charge in [-0.3, -0.25) is 4.79 Å². The minimum absolute atomic E-state index is 0.0767. The molecule has 0 saturated carbocycles. The molecule has 0 spiro atoms. The predicted molar refractivity (Wildman–Crippen MR) is 82.0 cm³/mol. The molecule has 0 atom stereocenters. The number of halogens is 1. The van der Waals surface area contributed by atoms with Gasteiger partial charge in [0.1, 0.15) is 0 Å². The predicted octanol–water partition coefficient (Wildman–Crippen LogP) is 1.92. The summed E-state index contributed by atoms with van der Waals surface area (Å²) in [7, 11) is 0. The van der Waals surface area contributed by atoms with Crippen LogP contribution in [0.1, 0.15) is 10.4 Å². The Morgan fingerprint density at radius 3 is 2.47 bits per heavy atom. The van der Waals surface area contributed by atoms with Gasteiger partial charge in [-0.2, -0.15) is 0 Å². The molecular weight excluding hydrogens is 355 g/mol. The zero-order valence-electron chi connectivity index (χ0n) is 10.1. The highest BCUT2D eigenvalue weighted by molar-refractivity contribution is 14.1. The fourth-order valence-electron chi connectivity index (χ4n) is 1.44. The Bertz CT molecular complexity index is 530. The van der Waals surface area contributed by atoms with Crippen molar-refractivity contribution < 1.29 is 4.79 Å². The van der Waals surface area contributed by atoms with E-state index in [1.807, 2.05) is 24.3 Å². The van der Waals surface area contributed by atoms with Gasteiger partial charge in [0, 0.05) is 34.6 Å². The summed E-state index contributed by atoms with van der Waals surface area (Å²) < 4.78 is 1.11. The summed E-state index contributed by atoms with van der Waals surface area (Å²) in [5, 5.41) is 5.85. The molecule has 2 N–H and O–H groups in total. The standard InChI is InChI=1S/C13H13IN4O/c14-11-4-2-10(3-5-11)12(19)15-8-9-18-13-16-6-1-7-17-13/h1-7H,8-9H2,(H,15,19)(H,16,17,18). The van der Waals surface area contributed by atoms with Crippen LogP contribution in [0.2, 0.25) is 0 Å². The molecule has 98 valence electrons. The lowest BCUT2D eigenvalue weighted by molar-refractivity contribution is 0.0955. The number of nitrogens with zero attached hydrogens (tertiary/aromatic N) is 2. The lowest BCUT2D eigenvalue weighted by Gasteiger charge is -2.06. The van der Waals surface area contributed by atoms with Gasteiger partial charge >= 0.3 is 0 Å². The second kappa shape index (κ2) is 7.03. The van der Waals surface area contributed by atoms with E-state index in [2.05, 4.69) is 43.2 Å². The van der Waals surface area contributed by atoms with Crippen LogP contribution in [0.3, 0.4) is 0 Å². The molecule has 0 radical (unpaired) electrons. The molecule has 19 heavy (non-hydrogen) atoms. The quantitative estimate of drug-likeness (QED) is 0.625. The maximum atomic E-state index is 11.8. The third-order valence-electron chi connectivity index (χ3n) is 2.37. The Morgan fingerprint density at radius 1 is 1.11 bits per heavy atom. The zero-order chi connectivity index (χ0) is 13.5. The lowest BCUT2D eigenvalue weighted by Crippen LogP contribution is -2.29. The number of amides is 1. The summed E-state index contributed by atoms with van der Waals surface area (Å²) >= 11 is 2.21. The number of benzene rings is 1. The Balaban J connectivity index is 1.74. The second-order valence-electron chi connectivity index (χ2n) is 3.76. The minimum atomic E-state index is -0.0767. The molecule has 1 heterocycles. The average molecular weight is 368 g/mol. The second-order valence-corrected chi connectivity index (χ2v) is 5.01. The molecule has 0 aliphatic rings. The summed E-state index contributed by atoms with van der Waals surface area (Å²) in [6.07, 6.45) is 3.33. The van der Waals surface area contributed by atoms with Crippen molar-refractivity contribution >= 4 is 34.4 Å². The van der Waals surface area contributed by atoms with E-state index in [4.69, 9.17) is 0 Å². The Labute approximate surface area is 125 Å². The Kier molecular flexibility index (Phi) is 5.08. The molecular formula is C13H13IN4O. The first-order valence-corrected chi connectivity index (χ1v) is 6.88. The third kappa shape index (κ3) is 4.47. The highest BCUT2D eigenvalue weighted by atomic mass is 127. The molecule has 6 heteroatoms. The Hall–Kier alpha value is -1.70. The molecule has 1 aromatic carbocycles. The highest BCUT2D eigenvalue weighted by Crippen LogP contribution is 2.06. The van der Waals surface area contributed by atoms with Crippen LogP contribution >= 0.6 is 22.6 Å². The van der Waals surface area contributed by atoms with E-state index in [0.717, 1.165) is 3.57 Å². The summed E-state index contributed by atoms with van der Waals surface area (Å²) in [6, 6.07) is 9.19. The summed E-state index contributed by atoms with van der Waals surface area (Å²) in [5.74, 6) is 0.484. The number of hydrogen-bond donors (Lipinski definition) is 2. The molecule has 1 amide bonds. The van der Waals surface area contributed by atoms with Crippen LogP contribution in [0, 0.1) is 3.57 Å². The van der Waals surface area contributed by atoms with Gasteiger partial charge in [-0.25, -0.2) is 9.97 Å². The summed E-state index contributed by atoms with van der Waals surface area (Å²) in [5.41, 5.74) is 0.663. The van der Waals surface area contributed by atoms with Gasteiger partial charge in [-0.05, 0) is 52.9 Å². The van der Waals surface area contributed by atoms with E-state index in [1.54, 1.807) is 18.5 Å². The van der Waals surface area contributed by atoms with Crippen LogP contribution in [0.5, 0.6) is 0 Å². The Morgan fingerprint density at radius 2 is 1.79 bits per heavy atom. The van der Waals surface area contributed by atoms with Crippen molar-refractivity contribution in [1.82, 2.24) is 15.3 Å². The average Bonchev–Trinajstić information content (AvgIpc) is 2.45. The zero-order valence-corrected chi connectivity index (χ0v) is 12.3. The molecule has 0 unspecified atom stereocenters. The monoisotopic (exact) mass is 368 g/mol. The summed E-state index contributed by atoms with van der Waals surface area (Å²) in [4.78, 5) is 19.8. The van der Waals surface area contributed by atoms with Crippen molar-refractivity contribution in [3.63, 3.8) is 0 Å². The van der Waals surface area contributed by atoms with Crippen molar-refractivity contribution in [1.29, 1.82) is 0 Å². The van der Waals surface area contributed by atoms with Crippen LogP contribution < -0.4 is 10.6 Å². The maximum Gasteiger partial charge on any atom is 0.251 e. The van der Waals surface area contributed by atoms with Gasteiger partial charge in [0.2, 0.25) is 5.95 Å². The van der Waals surface area contributed by atoms with Crippen molar-refractivity contribution in [3.05, 3.63) is 51.9 Å². The smallest absolute Gasteiger partial charge is 0.251 e.